The Morgan fingerprint density at radius 1 is 1.15 bits per heavy atom. The fourth-order valence-electron chi connectivity index (χ4n) is 3.51. The summed E-state index contributed by atoms with van der Waals surface area (Å²) < 4.78 is 10.8. The number of nitrogens with zero attached hydrogens (tertiary/aromatic N) is 4. The van der Waals surface area contributed by atoms with Gasteiger partial charge in [0, 0.05) is 50.6 Å². The summed E-state index contributed by atoms with van der Waals surface area (Å²) >= 11 is 0. The van der Waals surface area contributed by atoms with Crippen LogP contribution in [-0.2, 0) is 6.42 Å². The molecule has 0 saturated carbocycles. The molecule has 136 valence electrons. The van der Waals surface area contributed by atoms with Crippen LogP contribution < -0.4 is 14.4 Å². The molecule has 2 aliphatic heterocycles. The Balaban J connectivity index is 1.47. The molecule has 1 aromatic carbocycles. The first-order chi connectivity index (χ1) is 12.8. The van der Waals surface area contributed by atoms with E-state index in [1.807, 2.05) is 23.1 Å². The lowest BCUT2D eigenvalue weighted by molar-refractivity contribution is 0.0767. The van der Waals surface area contributed by atoms with Crippen LogP contribution in [0.3, 0.4) is 0 Å². The molecule has 4 rings (SSSR count). The van der Waals surface area contributed by atoms with Crippen LogP contribution in [0.2, 0.25) is 0 Å². The number of carbonyl (C=O) groups excluding carboxylic acids is 1. The first-order valence-corrected chi connectivity index (χ1v) is 8.91. The van der Waals surface area contributed by atoms with Crippen LogP contribution in [0.5, 0.6) is 11.6 Å². The van der Waals surface area contributed by atoms with E-state index in [0.717, 1.165) is 48.6 Å². The third kappa shape index (κ3) is 3.16. The van der Waals surface area contributed by atoms with E-state index in [2.05, 4.69) is 14.9 Å². The Morgan fingerprint density at radius 2 is 2.04 bits per heavy atom. The lowest BCUT2D eigenvalue weighted by Crippen LogP contribution is -2.35. The van der Waals surface area contributed by atoms with Crippen LogP contribution in [-0.4, -0.2) is 60.7 Å². The second-order valence-electron chi connectivity index (χ2n) is 6.44. The van der Waals surface area contributed by atoms with Crippen molar-refractivity contribution < 1.29 is 14.3 Å². The third-order valence-corrected chi connectivity index (χ3v) is 4.86. The van der Waals surface area contributed by atoms with E-state index < -0.39 is 0 Å². The van der Waals surface area contributed by atoms with Crippen molar-refractivity contribution in [1.82, 2.24) is 14.9 Å². The topological polar surface area (TPSA) is 67.8 Å². The van der Waals surface area contributed by atoms with Gasteiger partial charge in [-0.15, -0.1) is 0 Å². The summed E-state index contributed by atoms with van der Waals surface area (Å²) in [6.07, 6.45) is 5.03. The van der Waals surface area contributed by atoms with Gasteiger partial charge in [0.2, 0.25) is 0 Å². The van der Waals surface area contributed by atoms with Gasteiger partial charge in [-0.05, 0) is 30.2 Å². The van der Waals surface area contributed by atoms with Gasteiger partial charge < -0.3 is 19.3 Å². The highest BCUT2D eigenvalue weighted by atomic mass is 16.5. The molecular weight excluding hydrogens is 332 g/mol. The summed E-state index contributed by atoms with van der Waals surface area (Å²) in [6, 6.07) is 5.74. The summed E-state index contributed by atoms with van der Waals surface area (Å²) in [6.45, 7) is 3.59. The monoisotopic (exact) mass is 354 g/mol. The Morgan fingerprint density at radius 3 is 2.92 bits per heavy atom. The van der Waals surface area contributed by atoms with E-state index in [1.165, 1.54) is 0 Å². The van der Waals surface area contributed by atoms with Crippen LogP contribution in [0.1, 0.15) is 22.3 Å². The van der Waals surface area contributed by atoms with E-state index in [-0.39, 0.29) is 5.91 Å². The number of benzene rings is 1. The van der Waals surface area contributed by atoms with E-state index in [0.29, 0.717) is 25.6 Å². The largest absolute Gasteiger partial charge is 0.493 e. The van der Waals surface area contributed by atoms with Crippen molar-refractivity contribution in [2.75, 3.05) is 44.8 Å². The number of fused-ring (bicyclic) bond motifs is 1. The molecule has 0 spiro atoms. The quantitative estimate of drug-likeness (QED) is 0.837. The van der Waals surface area contributed by atoms with E-state index in [1.54, 1.807) is 19.5 Å². The molecule has 3 heterocycles. The average Bonchev–Trinajstić information content (AvgIpc) is 3.02. The predicted molar refractivity (Wildman–Crippen MR) is 97.0 cm³/mol. The van der Waals surface area contributed by atoms with Crippen LogP contribution >= 0.6 is 0 Å². The van der Waals surface area contributed by atoms with Gasteiger partial charge in [0.1, 0.15) is 5.75 Å². The van der Waals surface area contributed by atoms with E-state index in [9.17, 15) is 4.79 Å². The molecule has 1 amide bonds. The fraction of sp³-hybridized carbons (Fsp3) is 0.421. The van der Waals surface area contributed by atoms with Gasteiger partial charge in [0.15, 0.2) is 5.82 Å². The maximum atomic E-state index is 12.9. The maximum absolute atomic E-state index is 12.9. The van der Waals surface area contributed by atoms with Crippen molar-refractivity contribution >= 4 is 11.7 Å². The first-order valence-electron chi connectivity index (χ1n) is 8.91. The molecule has 26 heavy (non-hydrogen) atoms. The van der Waals surface area contributed by atoms with Gasteiger partial charge >= 0.3 is 0 Å². The zero-order chi connectivity index (χ0) is 17.9. The van der Waals surface area contributed by atoms with Crippen molar-refractivity contribution in [2.45, 2.75) is 12.8 Å². The number of carbonyl (C=O) groups is 1. The molecule has 1 fully saturated rings. The van der Waals surface area contributed by atoms with Gasteiger partial charge in [-0.25, -0.2) is 9.97 Å². The standard InChI is InChI=1S/C19H22N4O3/c1-25-18-17(20-6-7-21-18)22-8-2-9-23(11-10-22)19(24)15-3-4-16-14(13-15)5-12-26-16/h3-4,6-7,13H,2,5,8-12H2,1H3. The van der Waals surface area contributed by atoms with Gasteiger partial charge in [0.05, 0.1) is 13.7 Å². The fourth-order valence-corrected chi connectivity index (χ4v) is 3.51. The lowest BCUT2D eigenvalue weighted by atomic mass is 10.1. The van der Waals surface area contributed by atoms with Crippen molar-refractivity contribution in [1.29, 1.82) is 0 Å². The molecule has 0 N–H and O–H groups in total. The molecule has 2 aromatic rings. The predicted octanol–water partition coefficient (Wildman–Crippen LogP) is 1.77. The zero-order valence-electron chi connectivity index (χ0n) is 14.9. The average molecular weight is 354 g/mol. The summed E-state index contributed by atoms with van der Waals surface area (Å²) in [7, 11) is 1.60. The number of hydrogen-bond donors (Lipinski definition) is 0. The number of anilines is 1. The highest BCUT2D eigenvalue weighted by Gasteiger charge is 2.24. The highest BCUT2D eigenvalue weighted by molar-refractivity contribution is 5.94. The number of ether oxygens (including phenoxy) is 2. The van der Waals surface area contributed by atoms with Crippen LogP contribution in [0, 0.1) is 0 Å². The number of aromatic nitrogens is 2. The lowest BCUT2D eigenvalue weighted by Gasteiger charge is -2.23. The number of amides is 1. The minimum atomic E-state index is 0.0765. The Labute approximate surface area is 152 Å². The molecule has 1 saturated heterocycles. The molecule has 0 unspecified atom stereocenters. The van der Waals surface area contributed by atoms with Crippen molar-refractivity contribution in [2.24, 2.45) is 0 Å². The second-order valence-corrected chi connectivity index (χ2v) is 6.44. The normalized spacial score (nSPS) is 16.7. The van der Waals surface area contributed by atoms with Crippen molar-refractivity contribution in [3.05, 3.63) is 41.7 Å². The number of rotatable bonds is 3. The molecule has 0 radical (unpaired) electrons. The third-order valence-electron chi connectivity index (χ3n) is 4.86. The minimum absolute atomic E-state index is 0.0765. The maximum Gasteiger partial charge on any atom is 0.257 e. The molecular formula is C19H22N4O3. The smallest absolute Gasteiger partial charge is 0.257 e. The van der Waals surface area contributed by atoms with E-state index >= 15 is 0 Å². The number of methoxy groups -OCH3 is 1. The molecule has 0 aliphatic carbocycles. The van der Waals surface area contributed by atoms with Crippen LogP contribution in [0.25, 0.3) is 0 Å². The van der Waals surface area contributed by atoms with E-state index in [4.69, 9.17) is 9.47 Å². The molecule has 7 nitrogen and oxygen atoms in total. The highest BCUT2D eigenvalue weighted by Crippen LogP contribution is 2.27. The second kappa shape index (κ2) is 7.19. The molecule has 1 aromatic heterocycles. The van der Waals surface area contributed by atoms with Crippen LogP contribution in [0.4, 0.5) is 5.82 Å². The van der Waals surface area contributed by atoms with Gasteiger partial charge in [-0.2, -0.15) is 0 Å². The first kappa shape index (κ1) is 16.6. The molecule has 2 aliphatic rings. The Bertz CT molecular complexity index is 811. The Kier molecular flexibility index (Phi) is 4.60. The molecule has 0 atom stereocenters. The summed E-state index contributed by atoms with van der Waals surface area (Å²) in [5.41, 5.74) is 1.86. The minimum Gasteiger partial charge on any atom is -0.493 e. The molecule has 7 heteroatoms. The summed E-state index contributed by atoms with van der Waals surface area (Å²) in [5, 5.41) is 0. The van der Waals surface area contributed by atoms with Gasteiger partial charge in [-0.3, -0.25) is 4.79 Å². The summed E-state index contributed by atoms with van der Waals surface area (Å²) in [4.78, 5) is 25.6. The summed E-state index contributed by atoms with van der Waals surface area (Å²) in [5.74, 6) is 2.23. The van der Waals surface area contributed by atoms with Crippen molar-refractivity contribution in [3.63, 3.8) is 0 Å². The molecule has 0 bridgehead atoms. The van der Waals surface area contributed by atoms with Crippen molar-refractivity contribution in [3.8, 4) is 11.6 Å². The SMILES string of the molecule is COc1nccnc1N1CCCN(C(=O)c2ccc3c(c2)CCO3)CC1. The Hall–Kier alpha value is -2.83. The van der Waals surface area contributed by atoms with Crippen LogP contribution in [0.15, 0.2) is 30.6 Å². The van der Waals surface area contributed by atoms with Gasteiger partial charge in [0.25, 0.3) is 11.8 Å². The zero-order valence-corrected chi connectivity index (χ0v) is 14.9. The number of hydrogen-bond acceptors (Lipinski definition) is 6. The van der Waals surface area contributed by atoms with Gasteiger partial charge in [-0.1, -0.05) is 0 Å².